The largest absolute Gasteiger partial charge is 0.374 e. The third kappa shape index (κ3) is 4.93. The summed E-state index contributed by atoms with van der Waals surface area (Å²) in [7, 11) is 1.60. The summed E-state index contributed by atoms with van der Waals surface area (Å²) < 4.78 is 5.74. The number of hydrogen-bond donors (Lipinski definition) is 2. The molecule has 0 saturated heterocycles. The van der Waals surface area contributed by atoms with E-state index in [1.165, 1.54) is 0 Å². The maximum Gasteiger partial charge on any atom is 0.315 e. The van der Waals surface area contributed by atoms with E-state index in [0.717, 1.165) is 11.1 Å². The second-order valence-electron chi connectivity index (χ2n) is 4.69. The van der Waals surface area contributed by atoms with Crippen LogP contribution in [-0.2, 0) is 11.3 Å². The Hall–Kier alpha value is -2.33. The van der Waals surface area contributed by atoms with Gasteiger partial charge in [-0.15, -0.1) is 0 Å². The Kier molecular flexibility index (Phi) is 5.79. The highest BCUT2D eigenvalue weighted by Crippen LogP contribution is 2.14. The van der Waals surface area contributed by atoms with Gasteiger partial charge in [-0.25, -0.2) is 4.79 Å². The molecule has 0 unspecified atom stereocenters. The molecule has 0 aromatic heterocycles. The number of hydrogen-bond acceptors (Lipinski definition) is 2. The Morgan fingerprint density at radius 1 is 1.05 bits per heavy atom. The first-order valence-corrected chi connectivity index (χ1v) is 6.94. The summed E-state index contributed by atoms with van der Waals surface area (Å²) in [4.78, 5) is 11.6. The first-order chi connectivity index (χ1) is 10.3. The smallest absolute Gasteiger partial charge is 0.315 e. The third-order valence-corrected chi connectivity index (χ3v) is 3.13. The molecule has 0 bridgehead atoms. The highest BCUT2D eigenvalue weighted by Gasteiger charge is 2.13. The number of carbonyl (C=O) groups is 1. The van der Waals surface area contributed by atoms with Crippen LogP contribution in [0, 0.1) is 0 Å². The Labute approximate surface area is 125 Å². The van der Waals surface area contributed by atoms with Crippen LogP contribution in [0.5, 0.6) is 0 Å². The van der Waals surface area contributed by atoms with E-state index in [1.807, 2.05) is 60.7 Å². The Balaban J connectivity index is 1.94. The molecule has 110 valence electrons. The molecule has 2 amide bonds. The van der Waals surface area contributed by atoms with Gasteiger partial charge in [-0.1, -0.05) is 60.7 Å². The molecule has 0 fully saturated rings. The minimum atomic E-state index is -0.216. The number of nitrogens with one attached hydrogen (secondary N) is 2. The zero-order valence-electron chi connectivity index (χ0n) is 12.1. The molecule has 0 aliphatic heterocycles. The lowest BCUT2D eigenvalue weighted by molar-refractivity contribution is 0.100. The third-order valence-electron chi connectivity index (χ3n) is 3.13. The van der Waals surface area contributed by atoms with Crippen LogP contribution in [0.3, 0.4) is 0 Å². The van der Waals surface area contributed by atoms with Gasteiger partial charge in [0.1, 0.15) is 0 Å². The first kappa shape index (κ1) is 15.1. The molecule has 0 heterocycles. The quantitative estimate of drug-likeness (QED) is 0.857. The summed E-state index contributed by atoms with van der Waals surface area (Å²) in [5.41, 5.74) is 2.14. The van der Waals surface area contributed by atoms with Gasteiger partial charge in [0.05, 0.1) is 19.3 Å². The molecule has 2 aromatic rings. The van der Waals surface area contributed by atoms with E-state index in [-0.39, 0.29) is 12.1 Å². The van der Waals surface area contributed by atoms with Crippen LogP contribution < -0.4 is 10.6 Å². The molecule has 0 aliphatic rings. The fourth-order valence-corrected chi connectivity index (χ4v) is 2.01. The fraction of sp³-hybridized carbons (Fsp3) is 0.235. The summed E-state index contributed by atoms with van der Waals surface area (Å²) in [6.07, 6.45) is 0. The van der Waals surface area contributed by atoms with Gasteiger partial charge in [-0.2, -0.15) is 0 Å². The van der Waals surface area contributed by atoms with Crippen molar-refractivity contribution in [2.24, 2.45) is 0 Å². The molecule has 0 saturated carbocycles. The van der Waals surface area contributed by atoms with E-state index in [1.54, 1.807) is 7.05 Å². The SMILES string of the molecule is CNC(=O)N[C@@H](COCc1ccccc1)c1ccccc1. The van der Waals surface area contributed by atoms with Gasteiger partial charge < -0.3 is 15.4 Å². The van der Waals surface area contributed by atoms with E-state index in [9.17, 15) is 4.79 Å². The second-order valence-corrected chi connectivity index (χ2v) is 4.69. The van der Waals surface area contributed by atoms with Gasteiger partial charge in [-0.3, -0.25) is 0 Å². The van der Waals surface area contributed by atoms with Crippen molar-refractivity contribution in [2.45, 2.75) is 12.6 Å². The van der Waals surface area contributed by atoms with Crippen LogP contribution in [0.25, 0.3) is 0 Å². The summed E-state index contributed by atoms with van der Waals surface area (Å²) in [5, 5.41) is 5.46. The fourth-order valence-electron chi connectivity index (χ4n) is 2.01. The number of amides is 2. The molecule has 2 aromatic carbocycles. The standard InChI is InChI=1S/C17H20N2O2/c1-18-17(20)19-16(15-10-6-3-7-11-15)13-21-12-14-8-4-2-5-9-14/h2-11,16H,12-13H2,1H3,(H2,18,19,20)/t16-/m0/s1. The Morgan fingerprint density at radius 3 is 2.29 bits per heavy atom. The van der Waals surface area contributed by atoms with E-state index >= 15 is 0 Å². The number of ether oxygens (including phenoxy) is 1. The summed E-state index contributed by atoms with van der Waals surface area (Å²) in [6.45, 7) is 0.950. The van der Waals surface area contributed by atoms with Crippen LogP contribution in [0.15, 0.2) is 60.7 Å². The highest BCUT2D eigenvalue weighted by molar-refractivity contribution is 5.74. The first-order valence-electron chi connectivity index (χ1n) is 6.94. The molecule has 4 heteroatoms. The zero-order valence-corrected chi connectivity index (χ0v) is 12.1. The summed E-state index contributed by atoms with van der Waals surface area (Å²) in [6, 6.07) is 19.4. The van der Waals surface area contributed by atoms with Crippen LogP contribution >= 0.6 is 0 Å². The number of rotatable bonds is 6. The Bertz CT molecular complexity index is 543. The predicted octanol–water partition coefficient (Wildman–Crippen LogP) is 2.87. The van der Waals surface area contributed by atoms with Crippen LogP contribution in [0.4, 0.5) is 4.79 Å². The highest BCUT2D eigenvalue weighted by atomic mass is 16.5. The van der Waals surface area contributed by atoms with Gasteiger partial charge in [0, 0.05) is 7.05 Å². The molecule has 0 aliphatic carbocycles. The zero-order chi connectivity index (χ0) is 14.9. The number of urea groups is 1. The normalized spacial score (nSPS) is 11.7. The molecular weight excluding hydrogens is 264 g/mol. The van der Waals surface area contributed by atoms with Gasteiger partial charge in [0.25, 0.3) is 0 Å². The van der Waals surface area contributed by atoms with Crippen molar-refractivity contribution in [1.29, 1.82) is 0 Å². The van der Waals surface area contributed by atoms with Crippen molar-refractivity contribution >= 4 is 6.03 Å². The van der Waals surface area contributed by atoms with Gasteiger partial charge in [-0.05, 0) is 11.1 Å². The minimum Gasteiger partial charge on any atom is -0.374 e. The average Bonchev–Trinajstić information content (AvgIpc) is 2.55. The molecule has 2 N–H and O–H groups in total. The monoisotopic (exact) mass is 284 g/mol. The van der Waals surface area contributed by atoms with Crippen molar-refractivity contribution in [3.05, 3.63) is 71.8 Å². The molecule has 0 spiro atoms. The second kappa shape index (κ2) is 8.07. The molecule has 1 atom stereocenters. The summed E-state index contributed by atoms with van der Waals surface area (Å²) in [5.74, 6) is 0. The van der Waals surface area contributed by atoms with E-state index in [0.29, 0.717) is 13.2 Å². The number of carbonyl (C=O) groups excluding carboxylic acids is 1. The Morgan fingerprint density at radius 2 is 1.67 bits per heavy atom. The van der Waals surface area contributed by atoms with Crippen molar-refractivity contribution in [3.63, 3.8) is 0 Å². The molecule has 0 radical (unpaired) electrons. The molecule has 4 nitrogen and oxygen atoms in total. The van der Waals surface area contributed by atoms with E-state index in [2.05, 4.69) is 10.6 Å². The number of benzene rings is 2. The van der Waals surface area contributed by atoms with Crippen LogP contribution in [0.2, 0.25) is 0 Å². The molecule has 21 heavy (non-hydrogen) atoms. The van der Waals surface area contributed by atoms with Crippen molar-refractivity contribution in [2.75, 3.05) is 13.7 Å². The summed E-state index contributed by atoms with van der Waals surface area (Å²) >= 11 is 0. The van der Waals surface area contributed by atoms with E-state index in [4.69, 9.17) is 4.74 Å². The van der Waals surface area contributed by atoms with Crippen molar-refractivity contribution < 1.29 is 9.53 Å². The lowest BCUT2D eigenvalue weighted by atomic mass is 10.1. The topological polar surface area (TPSA) is 50.4 Å². The van der Waals surface area contributed by atoms with Crippen molar-refractivity contribution in [3.8, 4) is 0 Å². The van der Waals surface area contributed by atoms with E-state index < -0.39 is 0 Å². The lowest BCUT2D eigenvalue weighted by Gasteiger charge is -2.19. The maximum atomic E-state index is 11.6. The molecular formula is C17H20N2O2. The van der Waals surface area contributed by atoms with Gasteiger partial charge >= 0.3 is 6.03 Å². The lowest BCUT2D eigenvalue weighted by Crippen LogP contribution is -2.37. The average molecular weight is 284 g/mol. The maximum absolute atomic E-state index is 11.6. The molecule has 2 rings (SSSR count). The van der Waals surface area contributed by atoms with Crippen LogP contribution in [-0.4, -0.2) is 19.7 Å². The minimum absolute atomic E-state index is 0.171. The van der Waals surface area contributed by atoms with Crippen molar-refractivity contribution in [1.82, 2.24) is 10.6 Å². The predicted molar refractivity (Wildman–Crippen MR) is 82.9 cm³/mol. The van der Waals surface area contributed by atoms with Gasteiger partial charge in [0.15, 0.2) is 0 Å². The van der Waals surface area contributed by atoms with Gasteiger partial charge in [0.2, 0.25) is 0 Å². The van der Waals surface area contributed by atoms with Crippen LogP contribution in [0.1, 0.15) is 17.2 Å².